The highest BCUT2D eigenvalue weighted by Crippen LogP contribution is 2.24. The van der Waals surface area contributed by atoms with Crippen molar-refractivity contribution < 1.29 is 23.8 Å². The zero-order chi connectivity index (χ0) is 19.5. The summed E-state index contributed by atoms with van der Waals surface area (Å²) in [4.78, 5) is 25.8. The maximum Gasteiger partial charge on any atom is 0.306 e. The Morgan fingerprint density at radius 2 is 2.00 bits per heavy atom. The van der Waals surface area contributed by atoms with Crippen LogP contribution in [0.25, 0.3) is 17.1 Å². The van der Waals surface area contributed by atoms with E-state index in [4.69, 9.17) is 14.3 Å². The van der Waals surface area contributed by atoms with E-state index in [-0.39, 0.29) is 18.9 Å². The number of hydrogen-bond donors (Lipinski definition) is 1. The normalized spacial score (nSPS) is 16.9. The van der Waals surface area contributed by atoms with Crippen LogP contribution in [0.1, 0.15) is 16.9 Å². The largest absolute Gasteiger partial charge is 0.481 e. The Morgan fingerprint density at radius 3 is 2.71 bits per heavy atom. The molecule has 1 atom stereocenters. The molecule has 1 aromatic carbocycles. The molecule has 3 heterocycles. The van der Waals surface area contributed by atoms with Crippen molar-refractivity contribution in [2.75, 3.05) is 19.7 Å². The third-order valence-electron chi connectivity index (χ3n) is 4.53. The topological polar surface area (TPSA) is 97.8 Å². The van der Waals surface area contributed by atoms with Crippen molar-refractivity contribution in [1.29, 1.82) is 0 Å². The van der Waals surface area contributed by atoms with Crippen molar-refractivity contribution in [3.05, 3.63) is 60.5 Å². The highest BCUT2D eigenvalue weighted by atomic mass is 16.5. The number of amides is 1. The quantitative estimate of drug-likeness (QED) is 0.729. The van der Waals surface area contributed by atoms with Crippen LogP contribution >= 0.6 is 0 Å². The van der Waals surface area contributed by atoms with E-state index in [0.29, 0.717) is 30.3 Å². The summed E-state index contributed by atoms with van der Waals surface area (Å²) in [6, 6.07) is 14.6. The number of aromatic nitrogens is 2. The maximum absolute atomic E-state index is 13.2. The molecular formula is C20H19N3O5. The van der Waals surface area contributed by atoms with E-state index in [1.807, 2.05) is 30.3 Å². The van der Waals surface area contributed by atoms with Gasteiger partial charge < -0.3 is 19.2 Å². The number of ether oxygens (including phenoxy) is 1. The monoisotopic (exact) mass is 381 g/mol. The van der Waals surface area contributed by atoms with Crippen LogP contribution in [-0.4, -0.2) is 57.5 Å². The summed E-state index contributed by atoms with van der Waals surface area (Å²) in [5.74, 6) is -0.615. The predicted molar refractivity (Wildman–Crippen MR) is 99.2 cm³/mol. The molecule has 0 radical (unpaired) electrons. The lowest BCUT2D eigenvalue weighted by Gasteiger charge is -2.32. The first kappa shape index (κ1) is 18.0. The lowest BCUT2D eigenvalue weighted by atomic mass is 10.2. The first-order valence-electron chi connectivity index (χ1n) is 8.94. The summed E-state index contributed by atoms with van der Waals surface area (Å²) in [7, 11) is 0. The molecule has 1 amide bonds. The summed E-state index contributed by atoms with van der Waals surface area (Å²) >= 11 is 0. The molecule has 8 nitrogen and oxygen atoms in total. The van der Waals surface area contributed by atoms with Crippen molar-refractivity contribution in [1.82, 2.24) is 14.7 Å². The highest BCUT2D eigenvalue weighted by molar-refractivity contribution is 5.94. The van der Waals surface area contributed by atoms with Crippen LogP contribution in [-0.2, 0) is 9.53 Å². The van der Waals surface area contributed by atoms with Gasteiger partial charge in [-0.3, -0.25) is 9.59 Å². The Morgan fingerprint density at radius 1 is 1.18 bits per heavy atom. The summed E-state index contributed by atoms with van der Waals surface area (Å²) in [6.45, 7) is 0.917. The Kier molecular flexibility index (Phi) is 4.94. The molecule has 0 saturated carbocycles. The third-order valence-corrected chi connectivity index (χ3v) is 4.53. The van der Waals surface area contributed by atoms with Gasteiger partial charge in [-0.25, -0.2) is 4.68 Å². The van der Waals surface area contributed by atoms with Crippen molar-refractivity contribution >= 4 is 11.9 Å². The standard InChI is InChI=1S/C20H19N3O5/c24-19(25)11-15-13-22(8-10-27-15)20(26)17-12-16(18-7-4-9-28-18)21-23(17)14-5-2-1-3-6-14/h1-7,9,12,15H,8,10-11,13H2,(H,24,25)/t15-/m1/s1. The molecule has 0 unspecified atom stereocenters. The minimum absolute atomic E-state index is 0.140. The molecule has 8 heteroatoms. The van der Waals surface area contributed by atoms with Gasteiger partial charge in [0.05, 0.1) is 31.1 Å². The number of rotatable bonds is 5. The molecule has 2 aromatic heterocycles. The predicted octanol–water partition coefficient (Wildman–Crippen LogP) is 2.45. The summed E-state index contributed by atoms with van der Waals surface area (Å²) in [6.07, 6.45) is 0.892. The smallest absolute Gasteiger partial charge is 0.306 e. The van der Waals surface area contributed by atoms with Gasteiger partial charge in [0.2, 0.25) is 0 Å². The average molecular weight is 381 g/mol. The zero-order valence-corrected chi connectivity index (χ0v) is 15.0. The molecule has 1 aliphatic heterocycles. The van der Waals surface area contributed by atoms with Crippen LogP contribution in [0.15, 0.2) is 59.2 Å². The lowest BCUT2D eigenvalue weighted by Crippen LogP contribution is -2.46. The van der Waals surface area contributed by atoms with Gasteiger partial charge in [0.25, 0.3) is 5.91 Å². The van der Waals surface area contributed by atoms with E-state index in [1.165, 1.54) is 0 Å². The number of carboxylic acid groups (broad SMARTS) is 1. The molecule has 0 bridgehead atoms. The molecule has 1 N–H and O–H groups in total. The number of aliphatic carboxylic acids is 1. The molecular weight excluding hydrogens is 362 g/mol. The fourth-order valence-corrected chi connectivity index (χ4v) is 3.23. The Balaban J connectivity index is 1.67. The number of carbonyl (C=O) groups is 2. The van der Waals surface area contributed by atoms with Crippen LogP contribution in [0, 0.1) is 0 Å². The van der Waals surface area contributed by atoms with Gasteiger partial charge in [-0.05, 0) is 24.3 Å². The molecule has 1 saturated heterocycles. The summed E-state index contributed by atoms with van der Waals surface area (Å²) < 4.78 is 12.5. The molecule has 144 valence electrons. The Labute approximate surface area is 160 Å². The molecule has 4 rings (SSSR count). The molecule has 3 aromatic rings. The van der Waals surface area contributed by atoms with Crippen LogP contribution in [0.3, 0.4) is 0 Å². The first-order chi connectivity index (χ1) is 13.6. The number of morpholine rings is 1. The van der Waals surface area contributed by atoms with Gasteiger partial charge in [0.1, 0.15) is 11.4 Å². The Hall–Kier alpha value is -3.39. The average Bonchev–Trinajstić information content (AvgIpc) is 3.37. The lowest BCUT2D eigenvalue weighted by molar-refractivity contribution is -0.141. The van der Waals surface area contributed by atoms with E-state index >= 15 is 0 Å². The fourth-order valence-electron chi connectivity index (χ4n) is 3.23. The van der Waals surface area contributed by atoms with Crippen LogP contribution in [0.2, 0.25) is 0 Å². The van der Waals surface area contributed by atoms with Crippen LogP contribution < -0.4 is 0 Å². The second kappa shape index (κ2) is 7.69. The zero-order valence-electron chi connectivity index (χ0n) is 15.0. The van der Waals surface area contributed by atoms with E-state index in [0.717, 1.165) is 5.69 Å². The number of furan rings is 1. The van der Waals surface area contributed by atoms with Gasteiger partial charge in [-0.15, -0.1) is 0 Å². The molecule has 1 aliphatic rings. The summed E-state index contributed by atoms with van der Waals surface area (Å²) in [5, 5.41) is 13.6. The summed E-state index contributed by atoms with van der Waals surface area (Å²) in [5.41, 5.74) is 1.68. The van der Waals surface area contributed by atoms with E-state index in [2.05, 4.69) is 5.10 Å². The third kappa shape index (κ3) is 3.67. The maximum atomic E-state index is 13.2. The first-order valence-corrected chi connectivity index (χ1v) is 8.94. The number of carboxylic acids is 1. The number of para-hydroxylation sites is 1. The van der Waals surface area contributed by atoms with Crippen molar-refractivity contribution in [3.8, 4) is 17.1 Å². The minimum atomic E-state index is -0.950. The van der Waals surface area contributed by atoms with Gasteiger partial charge >= 0.3 is 5.97 Å². The Bertz CT molecular complexity index is 965. The molecule has 28 heavy (non-hydrogen) atoms. The van der Waals surface area contributed by atoms with Gasteiger partial charge in [0, 0.05) is 19.2 Å². The number of nitrogens with zero attached hydrogens (tertiary/aromatic N) is 3. The number of benzene rings is 1. The van der Waals surface area contributed by atoms with E-state index < -0.39 is 12.1 Å². The van der Waals surface area contributed by atoms with Crippen LogP contribution in [0.4, 0.5) is 0 Å². The van der Waals surface area contributed by atoms with Gasteiger partial charge in [0.15, 0.2) is 5.76 Å². The minimum Gasteiger partial charge on any atom is -0.481 e. The number of carbonyl (C=O) groups excluding carboxylic acids is 1. The number of hydrogen-bond acceptors (Lipinski definition) is 5. The molecule has 0 spiro atoms. The van der Waals surface area contributed by atoms with Crippen molar-refractivity contribution in [3.63, 3.8) is 0 Å². The van der Waals surface area contributed by atoms with E-state index in [1.54, 1.807) is 34.0 Å². The molecule has 1 fully saturated rings. The van der Waals surface area contributed by atoms with Gasteiger partial charge in [-0.1, -0.05) is 18.2 Å². The second-order valence-corrected chi connectivity index (χ2v) is 6.48. The molecule has 0 aliphatic carbocycles. The van der Waals surface area contributed by atoms with Crippen LogP contribution in [0.5, 0.6) is 0 Å². The van der Waals surface area contributed by atoms with Crippen molar-refractivity contribution in [2.24, 2.45) is 0 Å². The van der Waals surface area contributed by atoms with Gasteiger partial charge in [-0.2, -0.15) is 5.10 Å². The fraction of sp³-hybridized carbons (Fsp3) is 0.250. The SMILES string of the molecule is O=C(O)C[C@@H]1CN(C(=O)c2cc(-c3ccco3)nn2-c2ccccc2)CCO1. The van der Waals surface area contributed by atoms with E-state index in [9.17, 15) is 9.59 Å². The van der Waals surface area contributed by atoms with Crippen molar-refractivity contribution in [2.45, 2.75) is 12.5 Å². The highest BCUT2D eigenvalue weighted by Gasteiger charge is 2.29. The second-order valence-electron chi connectivity index (χ2n) is 6.48.